The van der Waals surface area contributed by atoms with E-state index in [4.69, 9.17) is 0 Å². The molecule has 2 N–H and O–H groups in total. The summed E-state index contributed by atoms with van der Waals surface area (Å²) in [6, 6.07) is 0. The first-order chi connectivity index (χ1) is 12.8. The van der Waals surface area contributed by atoms with Gasteiger partial charge < -0.3 is 5.11 Å². The van der Waals surface area contributed by atoms with Gasteiger partial charge in [-0.15, -0.1) is 0 Å². The second kappa shape index (κ2) is 16.5. The highest BCUT2D eigenvalue weighted by atomic mass is 32.2. The molecule has 6 heteroatoms. The summed E-state index contributed by atoms with van der Waals surface area (Å²) < 4.78 is 23.7. The second-order valence-electron chi connectivity index (χ2n) is 6.45. The van der Waals surface area contributed by atoms with E-state index in [0.717, 1.165) is 51.2 Å². The van der Waals surface area contributed by atoms with Gasteiger partial charge in [-0.25, -0.2) is 8.42 Å². The van der Waals surface area contributed by atoms with E-state index in [1.807, 2.05) is 29.0 Å². The number of allylic oxidation sites excluding steroid dienone is 7. The normalized spacial score (nSPS) is 14.0. The maximum Gasteiger partial charge on any atom is 0.233 e. The highest BCUT2D eigenvalue weighted by molar-refractivity contribution is 7.89. The average molecular weight is 398 g/mol. The Hall–Kier alpha value is -1.66. The van der Waals surface area contributed by atoms with Crippen molar-refractivity contribution in [2.75, 3.05) is 6.26 Å². The number of amides is 1. The highest BCUT2D eigenvalue weighted by Gasteiger charge is 2.06. The van der Waals surface area contributed by atoms with E-state index in [1.54, 1.807) is 0 Å². The van der Waals surface area contributed by atoms with Crippen LogP contribution in [0.15, 0.2) is 48.6 Å². The third kappa shape index (κ3) is 20.5. The fourth-order valence-electron chi connectivity index (χ4n) is 2.22. The van der Waals surface area contributed by atoms with Gasteiger partial charge in [-0.2, -0.15) is 0 Å². The van der Waals surface area contributed by atoms with Crippen LogP contribution in [0.2, 0.25) is 0 Å². The molecule has 27 heavy (non-hydrogen) atoms. The molecule has 0 aromatic heterocycles. The molecule has 0 bridgehead atoms. The molecule has 0 spiro atoms. The lowest BCUT2D eigenvalue weighted by molar-refractivity contribution is -0.119. The van der Waals surface area contributed by atoms with Crippen LogP contribution in [-0.4, -0.2) is 31.8 Å². The van der Waals surface area contributed by atoms with Gasteiger partial charge in [-0.3, -0.25) is 9.52 Å². The molecular formula is C21H35NO4S. The minimum Gasteiger partial charge on any atom is -0.389 e. The number of rotatable bonds is 15. The third-order valence-electron chi connectivity index (χ3n) is 3.60. The van der Waals surface area contributed by atoms with Crippen LogP contribution in [0, 0.1) is 0 Å². The molecule has 154 valence electrons. The van der Waals surface area contributed by atoms with Crippen molar-refractivity contribution in [1.29, 1.82) is 0 Å². The summed E-state index contributed by atoms with van der Waals surface area (Å²) in [6.45, 7) is 2.12. The van der Waals surface area contributed by atoms with Gasteiger partial charge in [0.15, 0.2) is 0 Å². The lowest BCUT2D eigenvalue weighted by atomic mass is 10.1. The van der Waals surface area contributed by atoms with E-state index in [0.29, 0.717) is 6.42 Å². The van der Waals surface area contributed by atoms with E-state index < -0.39 is 15.9 Å². The molecule has 0 aliphatic heterocycles. The summed E-state index contributed by atoms with van der Waals surface area (Å²) in [4.78, 5) is 11.3. The topological polar surface area (TPSA) is 83.5 Å². The van der Waals surface area contributed by atoms with Crippen LogP contribution in [0.1, 0.15) is 64.7 Å². The fraction of sp³-hybridized carbons (Fsp3) is 0.571. The van der Waals surface area contributed by atoms with Crippen LogP contribution in [0.25, 0.3) is 0 Å². The Balaban J connectivity index is 3.65. The SMILES string of the molecule is CCCCC(O)/C=C\CC=CCC=CCC=CCCCC(=O)NS(C)(=O)=O. The van der Waals surface area contributed by atoms with E-state index in [-0.39, 0.29) is 12.5 Å². The number of carbonyl (C=O) groups is 1. The lowest BCUT2D eigenvalue weighted by Gasteiger charge is -2.02. The zero-order chi connectivity index (χ0) is 20.4. The largest absolute Gasteiger partial charge is 0.389 e. The predicted octanol–water partition coefficient (Wildman–Crippen LogP) is 4.18. The van der Waals surface area contributed by atoms with Gasteiger partial charge in [-0.05, 0) is 38.5 Å². The Bertz CT molecular complexity index is 604. The predicted molar refractivity (Wildman–Crippen MR) is 113 cm³/mol. The number of carbonyl (C=O) groups excluding carboxylic acids is 1. The molecule has 0 rings (SSSR count). The lowest BCUT2D eigenvalue weighted by Crippen LogP contribution is -2.28. The highest BCUT2D eigenvalue weighted by Crippen LogP contribution is 2.02. The Labute approximate surface area is 165 Å². The van der Waals surface area contributed by atoms with Crippen LogP contribution in [0.4, 0.5) is 0 Å². The van der Waals surface area contributed by atoms with Crippen molar-refractivity contribution >= 4 is 15.9 Å². The smallest absolute Gasteiger partial charge is 0.233 e. The first-order valence-corrected chi connectivity index (χ1v) is 11.5. The number of hydrogen-bond donors (Lipinski definition) is 2. The first kappa shape index (κ1) is 25.3. The summed E-state index contributed by atoms with van der Waals surface area (Å²) in [5, 5.41) is 9.66. The number of unbranched alkanes of at least 4 members (excludes halogenated alkanes) is 2. The van der Waals surface area contributed by atoms with Gasteiger partial charge >= 0.3 is 0 Å². The van der Waals surface area contributed by atoms with E-state index >= 15 is 0 Å². The Morgan fingerprint density at radius 3 is 2.07 bits per heavy atom. The summed E-state index contributed by atoms with van der Waals surface area (Å²) in [6.07, 6.45) is 24.1. The van der Waals surface area contributed by atoms with Crippen molar-refractivity contribution in [2.24, 2.45) is 0 Å². The standard InChI is InChI=1S/C21H35NO4S/c1-3-4-17-20(23)18-15-13-11-9-7-5-6-8-10-12-14-16-19-21(24)22-27(2,25)26/h5-6,9-12,15,18,20,23H,3-4,7-8,13-14,16-17,19H2,1-2H3,(H,22,24)/b6-5?,11-9?,12-10?,18-15-. The Morgan fingerprint density at radius 2 is 1.52 bits per heavy atom. The van der Waals surface area contributed by atoms with Gasteiger partial charge in [0.25, 0.3) is 0 Å². The maximum atomic E-state index is 11.3. The molecule has 1 amide bonds. The van der Waals surface area contributed by atoms with Crippen LogP contribution in [-0.2, 0) is 14.8 Å². The second-order valence-corrected chi connectivity index (χ2v) is 8.20. The van der Waals surface area contributed by atoms with E-state index in [9.17, 15) is 18.3 Å². The number of hydrogen-bond acceptors (Lipinski definition) is 4. The van der Waals surface area contributed by atoms with Crippen molar-refractivity contribution in [3.8, 4) is 0 Å². The Morgan fingerprint density at radius 1 is 0.963 bits per heavy atom. The molecular weight excluding hydrogens is 362 g/mol. The first-order valence-electron chi connectivity index (χ1n) is 9.65. The molecule has 0 radical (unpaired) electrons. The molecule has 0 saturated heterocycles. The fourth-order valence-corrected chi connectivity index (χ4v) is 2.73. The van der Waals surface area contributed by atoms with Gasteiger partial charge in [0.2, 0.25) is 15.9 Å². The number of aliphatic hydroxyl groups is 1. The van der Waals surface area contributed by atoms with Gasteiger partial charge in [0, 0.05) is 6.42 Å². The summed E-state index contributed by atoms with van der Waals surface area (Å²) in [7, 11) is -3.45. The third-order valence-corrected chi connectivity index (χ3v) is 4.20. The van der Waals surface area contributed by atoms with Crippen molar-refractivity contribution < 1.29 is 18.3 Å². The van der Waals surface area contributed by atoms with Crippen molar-refractivity contribution in [3.63, 3.8) is 0 Å². The molecule has 1 unspecified atom stereocenters. The van der Waals surface area contributed by atoms with Gasteiger partial charge in [0.1, 0.15) is 0 Å². The van der Waals surface area contributed by atoms with Crippen LogP contribution < -0.4 is 4.72 Å². The number of sulfonamides is 1. The number of nitrogens with one attached hydrogen (secondary N) is 1. The van der Waals surface area contributed by atoms with Crippen molar-refractivity contribution in [3.05, 3.63) is 48.6 Å². The minimum absolute atomic E-state index is 0.210. The van der Waals surface area contributed by atoms with Crippen molar-refractivity contribution in [1.82, 2.24) is 4.72 Å². The molecule has 0 fully saturated rings. The van der Waals surface area contributed by atoms with Gasteiger partial charge in [-0.1, -0.05) is 68.4 Å². The molecule has 0 aliphatic carbocycles. The molecule has 0 aliphatic rings. The van der Waals surface area contributed by atoms with Crippen LogP contribution in [0.5, 0.6) is 0 Å². The summed E-state index contributed by atoms with van der Waals surface area (Å²) in [5.41, 5.74) is 0. The van der Waals surface area contributed by atoms with Crippen LogP contribution in [0.3, 0.4) is 0 Å². The van der Waals surface area contributed by atoms with Crippen LogP contribution >= 0.6 is 0 Å². The van der Waals surface area contributed by atoms with E-state index in [1.165, 1.54) is 0 Å². The maximum absolute atomic E-state index is 11.3. The Kier molecular flexibility index (Phi) is 15.5. The van der Waals surface area contributed by atoms with Gasteiger partial charge in [0.05, 0.1) is 12.4 Å². The monoisotopic (exact) mass is 397 g/mol. The summed E-state index contributed by atoms with van der Waals surface area (Å²) >= 11 is 0. The molecule has 0 aromatic rings. The van der Waals surface area contributed by atoms with Crippen molar-refractivity contribution in [2.45, 2.75) is 70.8 Å². The zero-order valence-electron chi connectivity index (χ0n) is 16.6. The molecule has 1 atom stereocenters. The van der Waals surface area contributed by atoms with E-state index in [2.05, 4.69) is 31.2 Å². The zero-order valence-corrected chi connectivity index (χ0v) is 17.5. The molecule has 0 aromatic carbocycles. The number of aliphatic hydroxyl groups excluding tert-OH is 1. The molecule has 0 heterocycles. The quantitative estimate of drug-likeness (QED) is 0.321. The molecule has 0 saturated carbocycles. The minimum atomic E-state index is -3.45. The average Bonchev–Trinajstić information content (AvgIpc) is 2.58. The summed E-state index contributed by atoms with van der Waals surface area (Å²) in [5.74, 6) is -0.456. The molecule has 5 nitrogen and oxygen atoms in total.